The molecule has 0 radical (unpaired) electrons. The van der Waals surface area contributed by atoms with Gasteiger partial charge >= 0.3 is 0 Å². The molecule has 0 bridgehead atoms. The summed E-state index contributed by atoms with van der Waals surface area (Å²) in [6.07, 6.45) is 8.34. The topological polar surface area (TPSA) is 34.1 Å². The van der Waals surface area contributed by atoms with Crippen molar-refractivity contribution in [2.24, 2.45) is 40.9 Å². The fourth-order valence-corrected chi connectivity index (χ4v) is 6.88. The van der Waals surface area contributed by atoms with E-state index in [1.54, 1.807) is 0 Å². The zero-order valence-electron chi connectivity index (χ0n) is 13.4. The first kappa shape index (κ1) is 14.0. The Morgan fingerprint density at radius 3 is 2.67 bits per heavy atom. The minimum Gasteiger partial charge on any atom is -0.300 e. The standard InChI is InChI=1S/C19H28O2/c1-11-9-12-10-13(20)3-4-14(12)15-7-8-19(2)16(18(11)15)5-6-17(19)21/h11-12,14-16,18H,3-10H2,1-2H3/t11-,12?,14?,15?,16?,18?,19?/m1/s1. The van der Waals surface area contributed by atoms with Crippen LogP contribution < -0.4 is 0 Å². The van der Waals surface area contributed by atoms with E-state index in [9.17, 15) is 9.59 Å². The molecule has 2 nitrogen and oxygen atoms in total. The highest BCUT2D eigenvalue weighted by Gasteiger charge is 2.58. The molecule has 0 spiro atoms. The van der Waals surface area contributed by atoms with E-state index in [4.69, 9.17) is 0 Å². The lowest BCUT2D eigenvalue weighted by Crippen LogP contribution is -2.51. The summed E-state index contributed by atoms with van der Waals surface area (Å²) in [5.74, 6) is 5.38. The zero-order valence-corrected chi connectivity index (χ0v) is 13.4. The predicted molar refractivity (Wildman–Crippen MR) is 81.7 cm³/mol. The molecule has 21 heavy (non-hydrogen) atoms. The van der Waals surface area contributed by atoms with Gasteiger partial charge in [-0.25, -0.2) is 0 Å². The molecule has 4 rings (SSSR count). The molecule has 0 heterocycles. The summed E-state index contributed by atoms with van der Waals surface area (Å²) in [4.78, 5) is 24.2. The van der Waals surface area contributed by atoms with Gasteiger partial charge in [0.2, 0.25) is 0 Å². The molecule has 7 atom stereocenters. The maximum Gasteiger partial charge on any atom is 0.139 e. The van der Waals surface area contributed by atoms with Crippen LogP contribution in [0.3, 0.4) is 0 Å². The minimum absolute atomic E-state index is 0.00719. The van der Waals surface area contributed by atoms with Gasteiger partial charge < -0.3 is 0 Å². The average molecular weight is 288 g/mol. The second-order valence-electron chi connectivity index (χ2n) is 8.68. The van der Waals surface area contributed by atoms with Gasteiger partial charge in [-0.05, 0) is 67.6 Å². The van der Waals surface area contributed by atoms with E-state index >= 15 is 0 Å². The van der Waals surface area contributed by atoms with E-state index in [-0.39, 0.29) is 5.41 Å². The fraction of sp³-hybridized carbons (Fsp3) is 0.895. The molecule has 0 amide bonds. The monoisotopic (exact) mass is 288 g/mol. The van der Waals surface area contributed by atoms with E-state index < -0.39 is 0 Å². The number of Topliss-reactive ketones (excluding diaryl/α,β-unsaturated/α-hetero) is 2. The summed E-state index contributed by atoms with van der Waals surface area (Å²) in [6.45, 7) is 4.66. The Morgan fingerprint density at radius 2 is 1.86 bits per heavy atom. The number of ketones is 2. The summed E-state index contributed by atoms with van der Waals surface area (Å²) in [5, 5.41) is 0. The number of hydrogen-bond acceptors (Lipinski definition) is 2. The predicted octanol–water partition coefficient (Wildman–Crippen LogP) is 4.02. The van der Waals surface area contributed by atoms with Crippen LogP contribution in [0.25, 0.3) is 0 Å². The van der Waals surface area contributed by atoms with Crippen LogP contribution in [0, 0.1) is 40.9 Å². The maximum absolute atomic E-state index is 12.4. The van der Waals surface area contributed by atoms with Gasteiger partial charge in [0, 0.05) is 24.7 Å². The van der Waals surface area contributed by atoms with E-state index in [0.717, 1.165) is 56.3 Å². The van der Waals surface area contributed by atoms with Gasteiger partial charge in [0.05, 0.1) is 0 Å². The molecule has 0 aromatic carbocycles. The van der Waals surface area contributed by atoms with Crippen molar-refractivity contribution >= 4 is 11.6 Å². The molecule has 4 fully saturated rings. The molecule has 4 aliphatic carbocycles. The highest BCUT2D eigenvalue weighted by Crippen LogP contribution is 2.62. The SMILES string of the molecule is C[C@@H]1CC2CC(=O)CCC2C2CCC3(C)C(=O)CCC3C21. The number of hydrogen-bond donors (Lipinski definition) is 0. The third kappa shape index (κ3) is 1.90. The van der Waals surface area contributed by atoms with Crippen LogP contribution in [0.4, 0.5) is 0 Å². The van der Waals surface area contributed by atoms with Crippen molar-refractivity contribution in [2.45, 2.75) is 65.2 Å². The third-order valence-electron chi connectivity index (χ3n) is 7.83. The van der Waals surface area contributed by atoms with Crippen LogP contribution in [-0.2, 0) is 9.59 Å². The Labute approximate surface area is 128 Å². The smallest absolute Gasteiger partial charge is 0.139 e. The summed E-state index contributed by atoms with van der Waals surface area (Å²) in [6, 6.07) is 0. The van der Waals surface area contributed by atoms with Crippen LogP contribution in [0.1, 0.15) is 65.2 Å². The number of fused-ring (bicyclic) bond motifs is 5. The first-order valence-electron chi connectivity index (χ1n) is 9.05. The van der Waals surface area contributed by atoms with E-state index in [2.05, 4.69) is 13.8 Å². The van der Waals surface area contributed by atoms with E-state index in [1.807, 2.05) is 0 Å². The molecule has 2 heteroatoms. The lowest BCUT2D eigenvalue weighted by molar-refractivity contribution is -0.138. The molecule has 0 saturated heterocycles. The second-order valence-corrected chi connectivity index (χ2v) is 8.68. The van der Waals surface area contributed by atoms with Crippen LogP contribution in [-0.4, -0.2) is 11.6 Å². The van der Waals surface area contributed by atoms with Crippen LogP contribution >= 0.6 is 0 Å². The molecule has 0 aromatic rings. The van der Waals surface area contributed by atoms with E-state index in [0.29, 0.717) is 29.3 Å². The molecule has 0 N–H and O–H groups in total. The molecular weight excluding hydrogens is 260 g/mol. The van der Waals surface area contributed by atoms with Crippen molar-refractivity contribution in [3.05, 3.63) is 0 Å². The lowest BCUT2D eigenvalue weighted by Gasteiger charge is -2.56. The third-order valence-corrected chi connectivity index (χ3v) is 7.83. The molecular formula is C19H28O2. The fourth-order valence-electron chi connectivity index (χ4n) is 6.88. The van der Waals surface area contributed by atoms with E-state index in [1.165, 1.54) is 12.8 Å². The minimum atomic E-state index is -0.00719. The molecule has 6 unspecified atom stereocenters. The Balaban J connectivity index is 1.64. The molecule has 0 aromatic heterocycles. The number of carbonyl (C=O) groups excluding carboxylic acids is 2. The van der Waals surface area contributed by atoms with Crippen LogP contribution in [0.2, 0.25) is 0 Å². The Kier molecular flexibility index (Phi) is 3.10. The van der Waals surface area contributed by atoms with Crippen molar-refractivity contribution in [3.8, 4) is 0 Å². The largest absolute Gasteiger partial charge is 0.300 e. The van der Waals surface area contributed by atoms with Gasteiger partial charge in [-0.3, -0.25) is 9.59 Å². The Bertz CT molecular complexity index is 482. The lowest BCUT2D eigenvalue weighted by atomic mass is 9.48. The van der Waals surface area contributed by atoms with Crippen molar-refractivity contribution in [1.82, 2.24) is 0 Å². The summed E-state index contributed by atoms with van der Waals surface area (Å²) < 4.78 is 0. The molecule has 4 aliphatic rings. The number of carbonyl (C=O) groups is 2. The molecule has 0 aliphatic heterocycles. The van der Waals surface area contributed by atoms with Gasteiger partial charge in [-0.15, -0.1) is 0 Å². The quantitative estimate of drug-likeness (QED) is 0.674. The Hall–Kier alpha value is -0.660. The first-order chi connectivity index (χ1) is 10.0. The van der Waals surface area contributed by atoms with Gasteiger partial charge in [0.1, 0.15) is 11.6 Å². The van der Waals surface area contributed by atoms with Crippen LogP contribution in [0.5, 0.6) is 0 Å². The highest BCUT2D eigenvalue weighted by molar-refractivity contribution is 5.87. The highest BCUT2D eigenvalue weighted by atomic mass is 16.1. The normalized spacial score (nSPS) is 53.0. The summed E-state index contributed by atoms with van der Waals surface area (Å²) in [7, 11) is 0. The first-order valence-corrected chi connectivity index (χ1v) is 9.05. The van der Waals surface area contributed by atoms with Gasteiger partial charge in [0.15, 0.2) is 0 Å². The van der Waals surface area contributed by atoms with Crippen molar-refractivity contribution in [3.63, 3.8) is 0 Å². The zero-order chi connectivity index (χ0) is 14.8. The van der Waals surface area contributed by atoms with Crippen LogP contribution in [0.15, 0.2) is 0 Å². The average Bonchev–Trinajstić information content (AvgIpc) is 2.74. The molecule has 116 valence electrons. The summed E-state index contributed by atoms with van der Waals surface area (Å²) >= 11 is 0. The van der Waals surface area contributed by atoms with Gasteiger partial charge in [-0.2, -0.15) is 0 Å². The van der Waals surface area contributed by atoms with Crippen molar-refractivity contribution in [1.29, 1.82) is 0 Å². The van der Waals surface area contributed by atoms with Crippen molar-refractivity contribution < 1.29 is 9.59 Å². The van der Waals surface area contributed by atoms with Gasteiger partial charge in [-0.1, -0.05) is 13.8 Å². The van der Waals surface area contributed by atoms with Crippen molar-refractivity contribution in [2.75, 3.05) is 0 Å². The van der Waals surface area contributed by atoms with Gasteiger partial charge in [0.25, 0.3) is 0 Å². The second kappa shape index (κ2) is 4.67. The summed E-state index contributed by atoms with van der Waals surface area (Å²) in [5.41, 5.74) is -0.00719. The maximum atomic E-state index is 12.4. The number of rotatable bonds is 0. The Morgan fingerprint density at radius 1 is 1.05 bits per heavy atom. The molecule has 4 saturated carbocycles.